The summed E-state index contributed by atoms with van der Waals surface area (Å²) in [6.07, 6.45) is 10.5. The molecular weight excluding hydrogens is 326 g/mol. The Bertz CT molecular complexity index is 896. The van der Waals surface area contributed by atoms with Crippen LogP contribution in [0, 0.1) is 17.2 Å². The molecule has 0 saturated heterocycles. The van der Waals surface area contributed by atoms with Crippen molar-refractivity contribution in [3.63, 3.8) is 0 Å². The lowest BCUT2D eigenvalue weighted by Crippen LogP contribution is -2.17. The van der Waals surface area contributed by atoms with E-state index in [1.165, 1.54) is 19.2 Å². The van der Waals surface area contributed by atoms with E-state index in [0.29, 0.717) is 18.2 Å². The van der Waals surface area contributed by atoms with Crippen molar-refractivity contribution in [3.05, 3.63) is 24.8 Å². The number of H-pyrrole nitrogens is 1. The smallest absolute Gasteiger partial charge is 0.154 e. The summed E-state index contributed by atoms with van der Waals surface area (Å²) in [7, 11) is 0. The number of fused-ring (bicyclic) bond motifs is 1. The maximum atomic E-state index is 9.22. The van der Waals surface area contributed by atoms with Gasteiger partial charge in [-0.2, -0.15) is 10.4 Å². The number of hydrogen-bond acceptors (Lipinski definition) is 5. The van der Waals surface area contributed by atoms with Gasteiger partial charge < -0.3 is 10.7 Å². The van der Waals surface area contributed by atoms with E-state index in [0.717, 1.165) is 35.1 Å². The van der Waals surface area contributed by atoms with Gasteiger partial charge in [0.1, 0.15) is 12.0 Å². The minimum absolute atomic E-state index is 0.0807. The molecule has 1 atom stereocenters. The zero-order valence-corrected chi connectivity index (χ0v) is 15.3. The van der Waals surface area contributed by atoms with Crippen LogP contribution in [0.2, 0.25) is 0 Å². The third-order valence-corrected chi connectivity index (χ3v) is 4.95. The summed E-state index contributed by atoms with van der Waals surface area (Å²) in [6, 6.07) is 4.32. The molecule has 136 valence electrons. The third kappa shape index (κ3) is 3.27. The molecule has 0 bridgehead atoms. The number of hydrogen-bond donors (Lipinski definition) is 2. The molecule has 0 amide bonds. The second kappa shape index (κ2) is 8.00. The first-order chi connectivity index (χ1) is 12.8. The number of rotatable bonds is 4. The Morgan fingerprint density at radius 3 is 2.85 bits per heavy atom. The van der Waals surface area contributed by atoms with Gasteiger partial charge in [0.2, 0.25) is 0 Å². The molecule has 3 aromatic rings. The van der Waals surface area contributed by atoms with Crippen molar-refractivity contribution in [1.82, 2.24) is 24.7 Å². The average Bonchev–Trinajstić information content (AvgIpc) is 3.41. The fraction of sp³-hybridized carbons (Fsp3) is 0.474. The Kier molecular flexibility index (Phi) is 5.52. The van der Waals surface area contributed by atoms with E-state index in [9.17, 15) is 5.26 Å². The van der Waals surface area contributed by atoms with Crippen LogP contribution in [0.4, 0.5) is 5.82 Å². The highest BCUT2D eigenvalue weighted by Crippen LogP contribution is 2.37. The molecule has 26 heavy (non-hydrogen) atoms. The zero-order chi connectivity index (χ0) is 18.5. The Balaban J connectivity index is 0.000000948. The van der Waals surface area contributed by atoms with Gasteiger partial charge in [-0.05, 0) is 24.8 Å². The highest BCUT2D eigenvalue weighted by molar-refractivity contribution is 5.92. The molecular formula is C19H25N7. The van der Waals surface area contributed by atoms with Crippen LogP contribution >= 0.6 is 0 Å². The zero-order valence-electron chi connectivity index (χ0n) is 15.3. The number of nitrogen functional groups attached to an aromatic ring is 1. The Hall–Kier alpha value is -2.88. The normalized spacial score (nSPS) is 15.4. The van der Waals surface area contributed by atoms with Gasteiger partial charge in [0.05, 0.1) is 29.8 Å². The van der Waals surface area contributed by atoms with Crippen molar-refractivity contribution in [2.24, 2.45) is 5.92 Å². The summed E-state index contributed by atoms with van der Waals surface area (Å²) < 4.78 is 1.88. The molecule has 1 aliphatic rings. The summed E-state index contributed by atoms with van der Waals surface area (Å²) in [6.45, 7) is 4.00. The highest BCUT2D eigenvalue weighted by Gasteiger charge is 2.28. The molecule has 1 aliphatic carbocycles. The van der Waals surface area contributed by atoms with Gasteiger partial charge in [0.15, 0.2) is 5.82 Å². The van der Waals surface area contributed by atoms with Gasteiger partial charge >= 0.3 is 0 Å². The summed E-state index contributed by atoms with van der Waals surface area (Å²) in [5, 5.41) is 14.7. The van der Waals surface area contributed by atoms with Crippen LogP contribution in [0.3, 0.4) is 0 Å². The predicted molar refractivity (Wildman–Crippen MR) is 102 cm³/mol. The average molecular weight is 351 g/mol. The molecule has 1 saturated carbocycles. The molecule has 0 aliphatic heterocycles. The number of nitrogens with zero attached hydrogens (tertiary/aromatic N) is 5. The van der Waals surface area contributed by atoms with Crippen LogP contribution < -0.4 is 5.73 Å². The van der Waals surface area contributed by atoms with Gasteiger partial charge in [-0.25, -0.2) is 9.97 Å². The van der Waals surface area contributed by atoms with Crippen molar-refractivity contribution in [2.45, 2.75) is 52.0 Å². The van der Waals surface area contributed by atoms with Crippen molar-refractivity contribution in [2.75, 3.05) is 5.73 Å². The Morgan fingerprint density at radius 2 is 2.12 bits per heavy atom. The molecule has 3 heterocycles. The van der Waals surface area contributed by atoms with E-state index in [-0.39, 0.29) is 6.04 Å². The van der Waals surface area contributed by atoms with E-state index >= 15 is 0 Å². The fourth-order valence-electron chi connectivity index (χ4n) is 3.76. The van der Waals surface area contributed by atoms with E-state index in [1.54, 1.807) is 0 Å². The van der Waals surface area contributed by atoms with Crippen molar-refractivity contribution in [3.8, 4) is 17.3 Å². The van der Waals surface area contributed by atoms with E-state index < -0.39 is 0 Å². The Morgan fingerprint density at radius 1 is 1.35 bits per heavy atom. The standard InChI is InChI=1S/C17H19N7.C2H6/c18-7-5-14(11-3-1-2-4-11)24-9-13(16(19)23-24)15-12-6-8-20-17(12)22-10-21-15;1-2/h6,8-11,14H,1-5H2,(H2,19,23)(H,20,21,22);1-2H3. The van der Waals surface area contributed by atoms with Crippen molar-refractivity contribution in [1.29, 1.82) is 5.26 Å². The lowest BCUT2D eigenvalue weighted by atomic mass is 9.96. The van der Waals surface area contributed by atoms with Crippen LogP contribution in [-0.4, -0.2) is 24.7 Å². The largest absolute Gasteiger partial charge is 0.382 e. The van der Waals surface area contributed by atoms with Gasteiger partial charge in [0.25, 0.3) is 0 Å². The highest BCUT2D eigenvalue weighted by atomic mass is 15.3. The van der Waals surface area contributed by atoms with Gasteiger partial charge in [-0.1, -0.05) is 26.7 Å². The number of nitrogens with one attached hydrogen (secondary N) is 1. The predicted octanol–water partition coefficient (Wildman–Crippen LogP) is 4.07. The first kappa shape index (κ1) is 17.9. The lowest BCUT2D eigenvalue weighted by molar-refractivity contribution is 0.315. The summed E-state index contributed by atoms with van der Waals surface area (Å²) in [5.41, 5.74) is 8.52. The molecule has 3 aromatic heterocycles. The quantitative estimate of drug-likeness (QED) is 0.736. The molecule has 0 spiro atoms. The second-order valence-corrected chi connectivity index (χ2v) is 6.34. The molecule has 0 radical (unpaired) electrons. The number of aromatic nitrogens is 5. The third-order valence-electron chi connectivity index (χ3n) is 4.95. The SMILES string of the molecule is CC.N#CCC(C1CCCC1)n1cc(-c2ncnc3[nH]ccc23)c(N)n1. The van der Waals surface area contributed by atoms with Crippen LogP contribution in [0.25, 0.3) is 22.3 Å². The number of nitriles is 1. The van der Waals surface area contributed by atoms with Gasteiger partial charge in [0, 0.05) is 17.8 Å². The van der Waals surface area contributed by atoms with Gasteiger partial charge in [-0.15, -0.1) is 0 Å². The molecule has 4 rings (SSSR count). The van der Waals surface area contributed by atoms with Gasteiger partial charge in [-0.3, -0.25) is 4.68 Å². The van der Waals surface area contributed by atoms with E-state index in [2.05, 4.69) is 26.1 Å². The van der Waals surface area contributed by atoms with Crippen LogP contribution in [-0.2, 0) is 0 Å². The maximum Gasteiger partial charge on any atom is 0.154 e. The number of anilines is 1. The first-order valence-electron chi connectivity index (χ1n) is 9.28. The van der Waals surface area contributed by atoms with Crippen molar-refractivity contribution < 1.29 is 0 Å². The first-order valence-corrected chi connectivity index (χ1v) is 9.28. The summed E-state index contributed by atoms with van der Waals surface area (Å²) in [4.78, 5) is 11.7. The fourth-order valence-corrected chi connectivity index (χ4v) is 3.76. The monoisotopic (exact) mass is 351 g/mol. The lowest BCUT2D eigenvalue weighted by Gasteiger charge is -2.21. The second-order valence-electron chi connectivity index (χ2n) is 6.34. The summed E-state index contributed by atoms with van der Waals surface area (Å²) in [5.74, 6) is 0.937. The number of nitrogens with two attached hydrogens (primary N) is 1. The van der Waals surface area contributed by atoms with E-state index in [4.69, 9.17) is 5.73 Å². The topological polar surface area (TPSA) is 109 Å². The van der Waals surface area contributed by atoms with Crippen molar-refractivity contribution >= 4 is 16.9 Å². The van der Waals surface area contributed by atoms with E-state index in [1.807, 2.05) is 37.0 Å². The minimum Gasteiger partial charge on any atom is -0.382 e. The molecule has 1 fully saturated rings. The van der Waals surface area contributed by atoms with Crippen LogP contribution in [0.1, 0.15) is 52.0 Å². The minimum atomic E-state index is 0.0807. The summed E-state index contributed by atoms with van der Waals surface area (Å²) >= 11 is 0. The molecule has 0 aromatic carbocycles. The number of aromatic amines is 1. The van der Waals surface area contributed by atoms with Crippen LogP contribution in [0.5, 0.6) is 0 Å². The van der Waals surface area contributed by atoms with Crippen LogP contribution in [0.15, 0.2) is 24.8 Å². The Labute approximate surface area is 153 Å². The molecule has 1 unspecified atom stereocenters. The maximum absolute atomic E-state index is 9.22. The molecule has 7 heteroatoms. The molecule has 7 nitrogen and oxygen atoms in total. The molecule has 3 N–H and O–H groups in total.